The molecule has 0 amide bonds. The maximum atomic E-state index is 2.49. The molecule has 0 N–H and O–H groups in total. The van der Waals surface area contributed by atoms with E-state index in [1.807, 2.05) is 32.0 Å². The van der Waals surface area contributed by atoms with E-state index in [1.165, 1.54) is 88.2 Å². The minimum absolute atomic E-state index is 0.108. The number of hydrogen-bond acceptors (Lipinski definition) is 1. The van der Waals surface area contributed by atoms with E-state index in [9.17, 15) is 0 Å². The number of para-hydroxylation sites is 1. The molecule has 8 aromatic carbocycles. The van der Waals surface area contributed by atoms with Crippen LogP contribution in [0.3, 0.4) is 0 Å². The molecule has 0 unspecified atom stereocenters. The van der Waals surface area contributed by atoms with Gasteiger partial charge in [-0.05, 0) is 139 Å². The van der Waals surface area contributed by atoms with Crippen molar-refractivity contribution in [3.63, 3.8) is 0 Å². The van der Waals surface area contributed by atoms with Gasteiger partial charge in [0.2, 0.25) is 0 Å². The number of benzene rings is 8. The van der Waals surface area contributed by atoms with Crippen LogP contribution >= 0.6 is 10.0 Å². The monoisotopic (exact) mass is 819 g/mol. The van der Waals surface area contributed by atoms with Crippen LogP contribution in [0.15, 0.2) is 181 Å². The van der Waals surface area contributed by atoms with Crippen LogP contribution in [0, 0.1) is 34.6 Å². The summed E-state index contributed by atoms with van der Waals surface area (Å²) in [5.41, 5.74) is 18.1. The molecule has 61 heavy (non-hydrogen) atoms. The molecular formula is C59H65NS. The van der Waals surface area contributed by atoms with Crippen LogP contribution in [0.5, 0.6) is 0 Å². The summed E-state index contributed by atoms with van der Waals surface area (Å²) in [5, 5.41) is 2.57. The second-order valence-corrected chi connectivity index (χ2v) is 21.4. The molecule has 2 heteroatoms. The Bertz CT molecular complexity index is 2700. The Labute approximate surface area is 369 Å². The summed E-state index contributed by atoms with van der Waals surface area (Å²) in [5.74, 6) is 0. The minimum atomic E-state index is -0.520. The van der Waals surface area contributed by atoms with Crippen molar-refractivity contribution in [2.24, 2.45) is 0 Å². The normalized spacial score (nSPS) is 12.3. The fourth-order valence-electron chi connectivity index (χ4n) is 8.37. The summed E-state index contributed by atoms with van der Waals surface area (Å²) in [6.07, 6.45) is 6.95. The predicted octanol–water partition coefficient (Wildman–Crippen LogP) is 17.3. The zero-order valence-electron chi connectivity index (χ0n) is 38.6. The standard InChI is InChI=1S/C40H35N.C10H16S.C7H8.C2H6/c1-26-22-23-33-34(24-26)40(4,5)35-25-37(31-19-11-12-20-32(31)39(33)35)41(29-16-7-6-8-17-29)36-21-13-15-28(3)38(36)30-18-10-9-14-27(30)2;1-9-5-7-10(8-6-9)11(2,3)4;1-7-5-3-2-4-6-7;1-2/h6-25H,1-5H3;5-8H,1-4H3;2-6H,1H3;1-2H3. The van der Waals surface area contributed by atoms with E-state index in [1.54, 1.807) is 0 Å². The van der Waals surface area contributed by atoms with Crippen molar-refractivity contribution in [1.29, 1.82) is 0 Å². The number of anilines is 3. The Balaban J connectivity index is 0.000000256. The van der Waals surface area contributed by atoms with E-state index in [2.05, 4.69) is 230 Å². The van der Waals surface area contributed by atoms with Gasteiger partial charge in [-0.25, -0.2) is 10.0 Å². The lowest BCUT2D eigenvalue weighted by Crippen LogP contribution is -2.17. The lowest BCUT2D eigenvalue weighted by atomic mass is 9.81. The Morgan fingerprint density at radius 2 is 0.951 bits per heavy atom. The number of nitrogens with zero attached hydrogens (tertiary/aromatic N) is 1. The third-order valence-corrected chi connectivity index (χ3v) is 13.3. The molecule has 0 bridgehead atoms. The van der Waals surface area contributed by atoms with Crippen molar-refractivity contribution < 1.29 is 0 Å². The summed E-state index contributed by atoms with van der Waals surface area (Å²) in [7, 11) is -0.520. The van der Waals surface area contributed by atoms with Crippen LogP contribution in [-0.4, -0.2) is 18.8 Å². The third-order valence-electron chi connectivity index (χ3n) is 11.6. The van der Waals surface area contributed by atoms with Crippen molar-refractivity contribution in [3.05, 3.63) is 215 Å². The number of aryl methyl sites for hydroxylation is 5. The molecule has 0 heterocycles. The van der Waals surface area contributed by atoms with Gasteiger partial charge in [0.05, 0.1) is 11.4 Å². The van der Waals surface area contributed by atoms with Crippen LogP contribution in [0.1, 0.15) is 66.6 Å². The van der Waals surface area contributed by atoms with Crippen LogP contribution in [0.25, 0.3) is 33.0 Å². The van der Waals surface area contributed by atoms with Crippen LogP contribution in [0.4, 0.5) is 17.1 Å². The lowest BCUT2D eigenvalue weighted by molar-refractivity contribution is 0.660. The Morgan fingerprint density at radius 3 is 1.56 bits per heavy atom. The molecule has 9 rings (SSSR count). The van der Waals surface area contributed by atoms with E-state index < -0.39 is 10.0 Å². The molecule has 0 aliphatic heterocycles. The quantitative estimate of drug-likeness (QED) is 0.167. The first-order valence-corrected chi connectivity index (χ1v) is 24.6. The molecule has 8 aromatic rings. The molecule has 312 valence electrons. The summed E-state index contributed by atoms with van der Waals surface area (Å²) >= 11 is 0. The van der Waals surface area contributed by atoms with Gasteiger partial charge in [-0.15, -0.1) is 0 Å². The molecule has 0 spiro atoms. The van der Waals surface area contributed by atoms with E-state index in [0.717, 1.165) is 5.69 Å². The maximum Gasteiger partial charge on any atom is 0.0543 e. The van der Waals surface area contributed by atoms with Gasteiger partial charge in [0, 0.05) is 22.1 Å². The van der Waals surface area contributed by atoms with E-state index in [4.69, 9.17) is 0 Å². The summed E-state index contributed by atoms with van der Waals surface area (Å²) < 4.78 is 0. The number of hydrogen-bond donors (Lipinski definition) is 0. The van der Waals surface area contributed by atoms with E-state index >= 15 is 0 Å². The van der Waals surface area contributed by atoms with Crippen molar-refractivity contribution >= 4 is 37.9 Å². The lowest BCUT2D eigenvalue weighted by Gasteiger charge is -2.32. The Morgan fingerprint density at radius 1 is 0.410 bits per heavy atom. The molecule has 0 saturated carbocycles. The van der Waals surface area contributed by atoms with E-state index in [-0.39, 0.29) is 5.41 Å². The van der Waals surface area contributed by atoms with Crippen molar-refractivity contribution in [3.8, 4) is 22.3 Å². The predicted molar refractivity (Wildman–Crippen MR) is 273 cm³/mol. The highest BCUT2D eigenvalue weighted by Gasteiger charge is 2.38. The highest BCUT2D eigenvalue weighted by atomic mass is 32.3. The highest BCUT2D eigenvalue weighted by Crippen LogP contribution is 2.55. The molecule has 0 atom stereocenters. The largest absolute Gasteiger partial charge is 0.309 e. The first-order valence-electron chi connectivity index (χ1n) is 21.7. The molecule has 1 aliphatic rings. The van der Waals surface area contributed by atoms with Crippen LogP contribution in [0.2, 0.25) is 0 Å². The maximum absolute atomic E-state index is 2.49. The average Bonchev–Trinajstić information content (AvgIpc) is 3.48. The van der Waals surface area contributed by atoms with Crippen molar-refractivity contribution in [2.75, 3.05) is 23.7 Å². The number of rotatable bonds is 5. The molecule has 1 aliphatic carbocycles. The van der Waals surface area contributed by atoms with Crippen LogP contribution < -0.4 is 4.90 Å². The van der Waals surface area contributed by atoms with Crippen molar-refractivity contribution in [2.45, 2.75) is 72.6 Å². The molecule has 1 nitrogen and oxygen atoms in total. The molecule has 0 aromatic heterocycles. The molecular weight excluding hydrogens is 755 g/mol. The van der Waals surface area contributed by atoms with Gasteiger partial charge in [0.15, 0.2) is 0 Å². The fourth-order valence-corrected chi connectivity index (χ4v) is 9.32. The Kier molecular flexibility index (Phi) is 14.1. The zero-order chi connectivity index (χ0) is 43.9. The molecule has 0 radical (unpaired) electrons. The molecule has 0 fully saturated rings. The average molecular weight is 820 g/mol. The summed E-state index contributed by atoms with van der Waals surface area (Å²) in [6.45, 7) is 19.6. The Hall–Kier alpha value is -5.83. The van der Waals surface area contributed by atoms with Gasteiger partial charge >= 0.3 is 0 Å². The second kappa shape index (κ2) is 19.3. The van der Waals surface area contributed by atoms with Gasteiger partial charge in [-0.3, -0.25) is 0 Å². The first kappa shape index (κ1) is 44.7. The van der Waals surface area contributed by atoms with Gasteiger partial charge in [-0.1, -0.05) is 184 Å². The highest BCUT2D eigenvalue weighted by molar-refractivity contribution is 8.32. The SMILES string of the molecule is CC.Cc1ccc(S(C)(C)C)cc1.Cc1ccc2c(c1)C(C)(C)c1cc(N(c3ccccc3)c3cccc(C)c3-c3ccccc3C)c3ccccc3c1-2.Cc1ccccc1. The zero-order valence-corrected chi connectivity index (χ0v) is 39.4. The smallest absolute Gasteiger partial charge is 0.0543 e. The fraction of sp³-hybridized carbons (Fsp3) is 0.220. The van der Waals surface area contributed by atoms with Crippen LogP contribution in [-0.2, 0) is 5.41 Å². The van der Waals surface area contributed by atoms with Gasteiger partial charge < -0.3 is 4.90 Å². The van der Waals surface area contributed by atoms with Gasteiger partial charge in [-0.2, -0.15) is 0 Å². The first-order chi connectivity index (χ1) is 29.3. The number of fused-ring (bicyclic) bond motifs is 5. The second-order valence-electron chi connectivity index (χ2n) is 17.3. The minimum Gasteiger partial charge on any atom is -0.309 e. The topological polar surface area (TPSA) is 3.24 Å². The third kappa shape index (κ3) is 9.72. The molecule has 0 saturated heterocycles. The van der Waals surface area contributed by atoms with Crippen molar-refractivity contribution in [1.82, 2.24) is 0 Å². The van der Waals surface area contributed by atoms with E-state index in [0.29, 0.717) is 0 Å². The van der Waals surface area contributed by atoms with Gasteiger partial charge in [0.25, 0.3) is 0 Å². The summed E-state index contributed by atoms with van der Waals surface area (Å²) in [4.78, 5) is 3.98. The van der Waals surface area contributed by atoms with Gasteiger partial charge in [0.1, 0.15) is 0 Å². The summed E-state index contributed by atoms with van der Waals surface area (Å²) in [6, 6.07) is 63.8.